The molecule has 4 nitrogen and oxygen atoms in total. The molecule has 2 heterocycles. The van der Waals surface area contributed by atoms with Gasteiger partial charge >= 0.3 is 0 Å². The van der Waals surface area contributed by atoms with Gasteiger partial charge in [-0.2, -0.15) is 0 Å². The van der Waals surface area contributed by atoms with Crippen molar-refractivity contribution in [1.29, 1.82) is 0 Å². The van der Waals surface area contributed by atoms with Crippen LogP contribution in [0.25, 0.3) is 72.1 Å². The van der Waals surface area contributed by atoms with Crippen LogP contribution >= 0.6 is 0 Å². The first-order valence-corrected chi connectivity index (χ1v) is 19.9. The topological polar surface area (TPSA) is 47.9 Å². The van der Waals surface area contributed by atoms with Crippen LogP contribution in [0.2, 0.25) is 0 Å². The van der Waals surface area contributed by atoms with Crippen LogP contribution < -0.4 is 4.74 Å². The van der Waals surface area contributed by atoms with Gasteiger partial charge in [0.2, 0.25) is 0 Å². The number of ether oxygens (including phenoxy) is 1. The zero-order chi connectivity index (χ0) is 38.4. The zero-order valence-electron chi connectivity index (χ0n) is 31.7. The van der Waals surface area contributed by atoms with Gasteiger partial charge in [0.1, 0.15) is 12.4 Å². The quantitative estimate of drug-likeness (QED) is 0.176. The van der Waals surface area contributed by atoms with Crippen LogP contribution in [0.1, 0.15) is 34.0 Å². The lowest BCUT2D eigenvalue weighted by Crippen LogP contribution is -2.05. The van der Waals surface area contributed by atoms with E-state index in [0.29, 0.717) is 30.5 Å². The van der Waals surface area contributed by atoms with E-state index in [2.05, 4.69) is 121 Å². The summed E-state index contributed by atoms with van der Waals surface area (Å²) in [4.78, 5) is 15.0. The highest BCUT2D eigenvalue weighted by molar-refractivity contribution is 5.94. The molecule has 1 unspecified atom stereocenters. The maximum absolute atomic E-state index is 6.44. The first kappa shape index (κ1) is 33.9. The number of nitrogens with zero attached hydrogens (tertiary/aromatic N) is 3. The summed E-state index contributed by atoms with van der Waals surface area (Å²) < 4.78 is 6.44. The maximum Gasteiger partial charge on any atom is 0.164 e. The molecule has 8 aromatic carbocycles. The summed E-state index contributed by atoms with van der Waals surface area (Å²) in [5.74, 6) is 2.98. The summed E-state index contributed by atoms with van der Waals surface area (Å²) in [5.41, 5.74) is 12.9. The molecule has 9 aromatic rings. The summed E-state index contributed by atoms with van der Waals surface area (Å²) in [5, 5.41) is 4.99. The van der Waals surface area contributed by atoms with E-state index in [1.165, 1.54) is 49.4 Å². The fourth-order valence-corrected chi connectivity index (χ4v) is 8.64. The van der Waals surface area contributed by atoms with Gasteiger partial charge in [-0.05, 0) is 96.4 Å². The molecular weight excluding hydrogens is 707 g/mol. The lowest BCUT2D eigenvalue weighted by Gasteiger charge is -2.17. The van der Waals surface area contributed by atoms with E-state index >= 15 is 0 Å². The summed E-state index contributed by atoms with van der Waals surface area (Å²) in [6.07, 6.45) is 6.79. The summed E-state index contributed by atoms with van der Waals surface area (Å²) in [6.45, 7) is 0.461. The predicted octanol–water partition coefficient (Wildman–Crippen LogP) is 12.9. The van der Waals surface area contributed by atoms with Crippen molar-refractivity contribution in [2.24, 2.45) is 0 Å². The lowest BCUT2D eigenvalue weighted by atomic mass is 9.87. The van der Waals surface area contributed by atoms with Gasteiger partial charge < -0.3 is 4.74 Å². The van der Waals surface area contributed by atoms with Crippen LogP contribution in [0.5, 0.6) is 5.75 Å². The Morgan fingerprint density at radius 2 is 1.10 bits per heavy atom. The average Bonchev–Trinajstić information content (AvgIpc) is 3.65. The first-order valence-electron chi connectivity index (χ1n) is 19.9. The highest BCUT2D eigenvalue weighted by Gasteiger charge is 2.30. The minimum atomic E-state index is 0.171. The van der Waals surface area contributed by atoms with Gasteiger partial charge in [-0.1, -0.05) is 164 Å². The molecule has 0 amide bonds. The van der Waals surface area contributed by atoms with E-state index in [9.17, 15) is 0 Å². The number of fused-ring (bicyclic) bond motifs is 6. The van der Waals surface area contributed by atoms with Gasteiger partial charge in [0.25, 0.3) is 0 Å². The van der Waals surface area contributed by atoms with E-state index in [0.717, 1.165) is 39.1 Å². The monoisotopic (exact) mass is 743 g/mol. The minimum Gasteiger partial charge on any atom is -0.489 e. The molecule has 0 spiro atoms. The van der Waals surface area contributed by atoms with Crippen molar-refractivity contribution in [3.63, 3.8) is 0 Å². The van der Waals surface area contributed by atoms with E-state index < -0.39 is 0 Å². The second-order valence-electron chi connectivity index (χ2n) is 15.1. The normalized spacial score (nSPS) is 14.4. The van der Waals surface area contributed by atoms with Crippen molar-refractivity contribution in [1.82, 2.24) is 15.0 Å². The number of aromatic nitrogens is 3. The summed E-state index contributed by atoms with van der Waals surface area (Å²) >= 11 is 0. The Labute approximate surface area is 337 Å². The Hall–Kier alpha value is -7.43. The standard InChI is InChI=1S/C54H37N3O/c1-3-13-36(14-4-1)52-55-53(37-15-5-2-6-16-37)57-54(56-52)44-19-11-12-28-58-50-34-41(25-26-42(50)30-44)40-24-22-35-23-27-43(31-45(35)29-40)51-47-21-10-9-20-46(47)48-32-38-17-7-8-18-39(38)33-49(48)51/h1-27,29,31-34,51H,28,30H2. The SMILES string of the molecule is C1=CCOc2cc(-c3ccc4ccc(C5c6ccccc6-c6cc7ccccc7cc65)cc4c3)ccc2CC(c2nc(-c3ccccc3)nc(-c3ccccc3)n2)=C1. The minimum absolute atomic E-state index is 0.171. The van der Waals surface area contributed by atoms with Gasteiger partial charge in [-0.15, -0.1) is 0 Å². The van der Waals surface area contributed by atoms with Crippen molar-refractivity contribution in [2.75, 3.05) is 6.61 Å². The largest absolute Gasteiger partial charge is 0.489 e. The van der Waals surface area contributed by atoms with E-state index in [1.807, 2.05) is 72.8 Å². The second-order valence-corrected chi connectivity index (χ2v) is 15.1. The number of allylic oxidation sites excluding steroid dienone is 3. The zero-order valence-corrected chi connectivity index (χ0v) is 31.7. The van der Waals surface area contributed by atoms with Gasteiger partial charge in [0.15, 0.2) is 17.5 Å². The number of rotatable bonds is 5. The maximum atomic E-state index is 6.44. The van der Waals surface area contributed by atoms with Crippen molar-refractivity contribution in [3.8, 4) is 50.8 Å². The van der Waals surface area contributed by atoms with Gasteiger partial charge in [0, 0.05) is 29.0 Å². The van der Waals surface area contributed by atoms with Crippen LogP contribution in [-0.2, 0) is 6.42 Å². The molecular formula is C54H37N3O. The molecule has 0 radical (unpaired) electrons. The lowest BCUT2D eigenvalue weighted by molar-refractivity contribution is 0.360. The average molecular weight is 744 g/mol. The molecule has 0 saturated carbocycles. The number of benzene rings is 8. The fraction of sp³-hybridized carbons (Fsp3) is 0.0556. The third-order valence-electron chi connectivity index (χ3n) is 11.5. The molecule has 1 aliphatic heterocycles. The number of hydrogen-bond donors (Lipinski definition) is 0. The first-order chi connectivity index (χ1) is 28.7. The summed E-state index contributed by atoms with van der Waals surface area (Å²) in [6, 6.07) is 62.9. The third kappa shape index (κ3) is 6.16. The molecule has 0 bridgehead atoms. The Morgan fingerprint density at radius 1 is 0.448 bits per heavy atom. The molecule has 1 atom stereocenters. The van der Waals surface area contributed by atoms with Crippen LogP contribution in [0.4, 0.5) is 0 Å². The molecule has 1 aromatic heterocycles. The van der Waals surface area contributed by atoms with Gasteiger partial charge in [0.05, 0.1) is 0 Å². The Balaban J connectivity index is 0.948. The van der Waals surface area contributed by atoms with Crippen molar-refractivity contribution < 1.29 is 4.74 Å². The predicted molar refractivity (Wildman–Crippen MR) is 237 cm³/mol. The van der Waals surface area contributed by atoms with E-state index in [1.54, 1.807) is 0 Å². The van der Waals surface area contributed by atoms with Crippen molar-refractivity contribution >= 4 is 27.1 Å². The molecule has 0 fully saturated rings. The second kappa shape index (κ2) is 14.3. The Kier molecular flexibility index (Phi) is 8.32. The highest BCUT2D eigenvalue weighted by atomic mass is 16.5. The van der Waals surface area contributed by atoms with Crippen LogP contribution in [0.3, 0.4) is 0 Å². The molecule has 274 valence electrons. The van der Waals surface area contributed by atoms with E-state index in [4.69, 9.17) is 19.7 Å². The van der Waals surface area contributed by atoms with Crippen LogP contribution in [-0.4, -0.2) is 21.6 Å². The molecule has 1 aliphatic carbocycles. The molecule has 4 heteroatoms. The molecule has 2 aliphatic rings. The van der Waals surface area contributed by atoms with Crippen molar-refractivity contribution in [3.05, 3.63) is 222 Å². The van der Waals surface area contributed by atoms with Crippen LogP contribution in [0.15, 0.2) is 194 Å². The third-order valence-corrected chi connectivity index (χ3v) is 11.5. The smallest absolute Gasteiger partial charge is 0.164 e. The highest BCUT2D eigenvalue weighted by Crippen LogP contribution is 2.49. The Bertz CT molecular complexity index is 3040. The van der Waals surface area contributed by atoms with Crippen LogP contribution in [0, 0.1) is 0 Å². The van der Waals surface area contributed by atoms with Gasteiger partial charge in [-0.25, -0.2) is 15.0 Å². The molecule has 58 heavy (non-hydrogen) atoms. The van der Waals surface area contributed by atoms with Gasteiger partial charge in [-0.3, -0.25) is 0 Å². The fourth-order valence-electron chi connectivity index (χ4n) is 8.64. The Morgan fingerprint density at radius 3 is 1.90 bits per heavy atom. The summed E-state index contributed by atoms with van der Waals surface area (Å²) in [7, 11) is 0. The van der Waals surface area contributed by atoms with E-state index in [-0.39, 0.29) is 5.92 Å². The molecule has 0 saturated heterocycles. The molecule has 0 N–H and O–H groups in total. The van der Waals surface area contributed by atoms with Crippen molar-refractivity contribution in [2.45, 2.75) is 12.3 Å². The molecule has 11 rings (SSSR count). The number of hydrogen-bond acceptors (Lipinski definition) is 4.